The Labute approximate surface area is 319 Å². The maximum absolute atomic E-state index is 15.4. The van der Waals surface area contributed by atoms with Gasteiger partial charge in [0.15, 0.2) is 11.5 Å². The summed E-state index contributed by atoms with van der Waals surface area (Å²) in [6, 6.07) is 9.35. The smallest absolute Gasteiger partial charge is 0.264 e. The zero-order chi connectivity index (χ0) is 39.6. The van der Waals surface area contributed by atoms with Gasteiger partial charge in [-0.1, -0.05) is 6.07 Å². The van der Waals surface area contributed by atoms with Crippen LogP contribution in [0, 0.1) is 11.3 Å². The molecule has 4 N–H and O–H groups in total. The van der Waals surface area contributed by atoms with E-state index >= 15 is 4.39 Å². The predicted octanol–water partition coefficient (Wildman–Crippen LogP) is 2.65. The summed E-state index contributed by atoms with van der Waals surface area (Å²) in [6.07, 6.45) is 4.86. The highest BCUT2D eigenvalue weighted by molar-refractivity contribution is 6.25. The quantitative estimate of drug-likeness (QED) is 0.0953. The van der Waals surface area contributed by atoms with Gasteiger partial charge in [-0.25, -0.2) is 14.4 Å². The number of carbonyl (C=O) groups excluding carboxylic acids is 5. The maximum atomic E-state index is 15.4. The van der Waals surface area contributed by atoms with Gasteiger partial charge >= 0.3 is 0 Å². The van der Waals surface area contributed by atoms with Crippen LogP contribution in [-0.2, 0) is 19.1 Å². The molecule has 17 nitrogen and oxygen atoms in total. The number of piperidine rings is 1. The first-order valence-corrected chi connectivity index (χ1v) is 18.2. The fraction of sp³-hybridized carbons (Fsp3) is 0.395. The molecule has 2 unspecified atom stereocenters. The second kappa shape index (κ2) is 15.8. The lowest BCUT2D eigenvalue weighted by Crippen LogP contribution is -2.54. The van der Waals surface area contributed by atoms with Crippen molar-refractivity contribution < 1.29 is 37.8 Å². The van der Waals surface area contributed by atoms with Gasteiger partial charge in [-0.2, -0.15) is 15.0 Å². The zero-order valence-corrected chi connectivity index (χ0v) is 30.6. The molecule has 3 aliphatic rings. The average Bonchev–Trinajstić information content (AvgIpc) is 3.84. The van der Waals surface area contributed by atoms with E-state index in [-0.39, 0.29) is 68.5 Å². The van der Waals surface area contributed by atoms with Crippen molar-refractivity contribution in [2.45, 2.75) is 63.4 Å². The maximum Gasteiger partial charge on any atom is 0.264 e. The van der Waals surface area contributed by atoms with E-state index in [1.54, 1.807) is 44.3 Å². The summed E-state index contributed by atoms with van der Waals surface area (Å²) in [5, 5.41) is 25.5. The van der Waals surface area contributed by atoms with Crippen LogP contribution in [0.2, 0.25) is 0 Å². The Kier molecular flexibility index (Phi) is 10.7. The first kappa shape index (κ1) is 38.0. The number of fused-ring (bicyclic) bond motifs is 2. The Morgan fingerprint density at radius 3 is 2.64 bits per heavy atom. The van der Waals surface area contributed by atoms with Crippen molar-refractivity contribution in [3.05, 3.63) is 71.2 Å². The summed E-state index contributed by atoms with van der Waals surface area (Å²) in [6.45, 7) is 3.49. The molecule has 1 aromatic carbocycles. The minimum absolute atomic E-state index is 0.0287. The number of benzene rings is 1. The molecule has 0 bridgehead atoms. The van der Waals surface area contributed by atoms with Gasteiger partial charge in [-0.3, -0.25) is 34.2 Å². The molecule has 290 valence electrons. The lowest BCUT2D eigenvalue weighted by molar-refractivity contribution is -0.136. The average molecular weight is 767 g/mol. The molecular formula is C38H39FN10O7. The monoisotopic (exact) mass is 766 g/mol. The van der Waals surface area contributed by atoms with E-state index < -0.39 is 47.4 Å². The van der Waals surface area contributed by atoms with Crippen LogP contribution >= 0.6 is 0 Å². The highest BCUT2D eigenvalue weighted by Crippen LogP contribution is 2.33. The van der Waals surface area contributed by atoms with Crippen molar-refractivity contribution in [3.8, 4) is 11.9 Å². The zero-order valence-electron chi connectivity index (χ0n) is 30.6. The van der Waals surface area contributed by atoms with E-state index in [9.17, 15) is 29.2 Å². The number of aromatic nitrogens is 4. The number of hydrogen-bond acceptors (Lipinski definition) is 13. The van der Waals surface area contributed by atoms with Gasteiger partial charge in [0, 0.05) is 48.5 Å². The summed E-state index contributed by atoms with van der Waals surface area (Å²) >= 11 is 0. The molecule has 2 fully saturated rings. The molecule has 5 amide bonds. The summed E-state index contributed by atoms with van der Waals surface area (Å²) in [5.74, 6) is -2.43. The lowest BCUT2D eigenvalue weighted by Gasteiger charge is -2.29. The van der Waals surface area contributed by atoms with Crippen LogP contribution in [0.25, 0.3) is 16.9 Å². The van der Waals surface area contributed by atoms with Crippen molar-refractivity contribution in [2.75, 3.05) is 43.5 Å². The fourth-order valence-corrected chi connectivity index (χ4v) is 6.46. The van der Waals surface area contributed by atoms with Crippen LogP contribution < -0.4 is 21.3 Å². The number of nitrogens with zero attached hydrogens (tertiary/aromatic N) is 6. The molecule has 7 rings (SSSR count). The topological polar surface area (TPSA) is 223 Å². The third kappa shape index (κ3) is 7.90. The number of anilines is 2. The number of amides is 5. The fourth-order valence-electron chi connectivity index (χ4n) is 6.46. The van der Waals surface area contributed by atoms with Crippen molar-refractivity contribution in [3.63, 3.8) is 0 Å². The highest BCUT2D eigenvalue weighted by atomic mass is 19.1. The van der Waals surface area contributed by atoms with Crippen LogP contribution in [0.5, 0.6) is 0 Å². The molecule has 18 heteroatoms. The number of nitrogens with one attached hydrogen (secondary N) is 4. The molecule has 4 aromatic rings. The van der Waals surface area contributed by atoms with Gasteiger partial charge in [0.25, 0.3) is 17.7 Å². The van der Waals surface area contributed by atoms with Gasteiger partial charge in [0.1, 0.15) is 18.3 Å². The van der Waals surface area contributed by atoms with Crippen LogP contribution in [-0.4, -0.2) is 111 Å². The van der Waals surface area contributed by atoms with Gasteiger partial charge in [0.05, 0.1) is 66.1 Å². The number of nitriles is 1. The number of hydrogen-bond donors (Lipinski definition) is 4. The number of alkyl halides is 1. The largest absolute Gasteiger partial charge is 0.382 e. The minimum Gasteiger partial charge on any atom is -0.382 e. The number of pyridine rings is 2. The van der Waals surface area contributed by atoms with Crippen molar-refractivity contribution >= 4 is 51.9 Å². The first-order chi connectivity index (χ1) is 26.9. The SMILES string of the molecule is CC(C)(OCCOCCNc1cccc2c1C(=O)N(C1CCC(=O)NC1=O)C2=O)C(F)CNC(=O)c1cnc(-n2ncc3cc(C#N)cnc32)cc1NC1CC1. The molecular weight excluding hydrogens is 727 g/mol. The van der Waals surface area contributed by atoms with Gasteiger partial charge in [-0.15, -0.1) is 0 Å². The molecule has 1 saturated heterocycles. The van der Waals surface area contributed by atoms with Crippen LogP contribution in [0.15, 0.2) is 48.9 Å². The minimum atomic E-state index is -1.57. The molecule has 56 heavy (non-hydrogen) atoms. The number of rotatable bonds is 16. The Bertz CT molecular complexity index is 2270. The summed E-state index contributed by atoms with van der Waals surface area (Å²) in [7, 11) is 0. The molecule has 1 aliphatic carbocycles. The predicted molar refractivity (Wildman–Crippen MR) is 198 cm³/mol. The van der Waals surface area contributed by atoms with Crippen LogP contribution in [0.4, 0.5) is 15.8 Å². The van der Waals surface area contributed by atoms with Crippen LogP contribution in [0.1, 0.15) is 76.2 Å². The number of imide groups is 2. The molecule has 2 atom stereocenters. The highest BCUT2D eigenvalue weighted by Gasteiger charge is 2.45. The van der Waals surface area contributed by atoms with E-state index in [4.69, 9.17) is 9.47 Å². The first-order valence-electron chi connectivity index (χ1n) is 18.2. The van der Waals surface area contributed by atoms with E-state index in [1.807, 2.05) is 0 Å². The third-order valence-corrected chi connectivity index (χ3v) is 9.75. The molecule has 5 heterocycles. The van der Waals surface area contributed by atoms with Crippen LogP contribution in [0.3, 0.4) is 0 Å². The third-order valence-electron chi connectivity index (χ3n) is 9.75. The molecule has 0 radical (unpaired) electrons. The van der Waals surface area contributed by atoms with E-state index in [0.717, 1.165) is 17.7 Å². The molecule has 2 aliphatic heterocycles. The van der Waals surface area contributed by atoms with Gasteiger partial charge in [-0.05, 0) is 51.3 Å². The lowest BCUT2D eigenvalue weighted by atomic mass is 10.0. The van der Waals surface area contributed by atoms with E-state index in [0.29, 0.717) is 33.8 Å². The summed E-state index contributed by atoms with van der Waals surface area (Å²) in [4.78, 5) is 73.3. The van der Waals surface area contributed by atoms with Crippen molar-refractivity contribution in [1.29, 1.82) is 5.26 Å². The summed E-state index contributed by atoms with van der Waals surface area (Å²) in [5.41, 5.74) is 1.12. The Morgan fingerprint density at radius 1 is 1.05 bits per heavy atom. The Morgan fingerprint density at radius 2 is 1.88 bits per heavy atom. The van der Waals surface area contributed by atoms with Gasteiger partial charge < -0.3 is 25.4 Å². The van der Waals surface area contributed by atoms with Crippen molar-refractivity contribution in [2.24, 2.45) is 0 Å². The Hall–Kier alpha value is -6.32. The Balaban J connectivity index is 0.869. The second-order valence-electron chi connectivity index (χ2n) is 14.2. The number of halogens is 1. The normalized spacial score (nSPS) is 17.4. The summed E-state index contributed by atoms with van der Waals surface area (Å²) < 4.78 is 28.4. The molecule has 0 spiro atoms. The van der Waals surface area contributed by atoms with Crippen molar-refractivity contribution in [1.82, 2.24) is 35.3 Å². The van der Waals surface area contributed by atoms with E-state index in [2.05, 4.69) is 42.4 Å². The number of ether oxygens (including phenoxy) is 2. The number of carbonyl (C=O) groups is 5. The van der Waals surface area contributed by atoms with E-state index in [1.165, 1.54) is 23.1 Å². The molecule has 3 aromatic heterocycles. The molecule has 1 saturated carbocycles. The second-order valence-corrected chi connectivity index (χ2v) is 14.2. The standard InChI is InChI=1S/C38H39FN10O7/c1-38(2,56-13-12-55-11-10-41-26-5-3-4-24-32(26)37(54)48(36(24)53)28-8-9-31(50)47-35(28)52)29(39)20-44-34(51)25-19-42-30(15-27(25)46-23-6-7-23)49-33-22(18-45-49)14-21(16-40)17-43-33/h3-5,14-15,17-19,23,28-29,41H,6-13,20H2,1-2H3,(H,42,46)(H,44,51)(H,47,50,52). The van der Waals surface area contributed by atoms with Gasteiger partial charge in [0.2, 0.25) is 11.8 Å².